The predicted octanol–water partition coefficient (Wildman–Crippen LogP) is 2.11. The Balaban J connectivity index is 3.26. The minimum absolute atomic E-state index is 0.177. The largest absolute Gasteiger partial charge is 0.502 e. The number of phenolic OH excluding ortho intramolecular Hbond substituents is 1. The summed E-state index contributed by atoms with van der Waals surface area (Å²) >= 11 is 0. The average molecular weight is 302 g/mol. The number of sulfonamides is 1. The molecule has 0 amide bonds. The SMILES string of the molecule is CCCN(CCC)S(=O)(=O)c1ccc(O)c([N+](=O)[O-])c1. The highest BCUT2D eigenvalue weighted by molar-refractivity contribution is 7.89. The summed E-state index contributed by atoms with van der Waals surface area (Å²) in [6.07, 6.45) is 1.30. The minimum Gasteiger partial charge on any atom is -0.502 e. The van der Waals surface area contributed by atoms with Crippen LogP contribution >= 0.6 is 0 Å². The van der Waals surface area contributed by atoms with Gasteiger partial charge in [0.25, 0.3) is 0 Å². The normalized spacial score (nSPS) is 11.8. The van der Waals surface area contributed by atoms with E-state index in [4.69, 9.17) is 0 Å². The molecule has 1 N–H and O–H groups in total. The van der Waals surface area contributed by atoms with Gasteiger partial charge in [0.1, 0.15) is 0 Å². The standard InChI is InChI=1S/C12H18N2O5S/c1-3-7-13(8-4-2)20(18,19)10-5-6-12(15)11(9-10)14(16)17/h5-6,9,15H,3-4,7-8H2,1-2H3. The van der Waals surface area contributed by atoms with Crippen molar-refractivity contribution in [3.8, 4) is 5.75 Å². The minimum atomic E-state index is -3.78. The van der Waals surface area contributed by atoms with Gasteiger partial charge >= 0.3 is 5.69 Å². The lowest BCUT2D eigenvalue weighted by atomic mass is 10.3. The summed E-state index contributed by atoms with van der Waals surface area (Å²) < 4.78 is 26.1. The van der Waals surface area contributed by atoms with E-state index in [1.807, 2.05) is 13.8 Å². The van der Waals surface area contributed by atoms with Gasteiger partial charge in [-0.3, -0.25) is 10.1 Å². The summed E-state index contributed by atoms with van der Waals surface area (Å²) in [5.74, 6) is -0.550. The van der Waals surface area contributed by atoms with Crippen molar-refractivity contribution in [2.24, 2.45) is 0 Å². The van der Waals surface area contributed by atoms with Crippen LogP contribution in [0.25, 0.3) is 0 Å². The number of rotatable bonds is 7. The van der Waals surface area contributed by atoms with E-state index in [0.717, 1.165) is 12.1 Å². The van der Waals surface area contributed by atoms with Crippen LogP contribution in [0.5, 0.6) is 5.75 Å². The number of nitrogens with zero attached hydrogens (tertiary/aromatic N) is 2. The van der Waals surface area contributed by atoms with Gasteiger partial charge in [0.15, 0.2) is 5.75 Å². The maximum Gasteiger partial charge on any atom is 0.312 e. The van der Waals surface area contributed by atoms with E-state index in [9.17, 15) is 23.6 Å². The van der Waals surface area contributed by atoms with Gasteiger partial charge in [-0.05, 0) is 25.0 Å². The Morgan fingerprint density at radius 2 is 1.80 bits per heavy atom. The maximum atomic E-state index is 12.4. The average Bonchev–Trinajstić information content (AvgIpc) is 2.38. The topological polar surface area (TPSA) is 101 Å². The summed E-state index contributed by atoms with van der Waals surface area (Å²) in [5, 5.41) is 20.1. The summed E-state index contributed by atoms with van der Waals surface area (Å²) in [6, 6.07) is 3.10. The predicted molar refractivity (Wildman–Crippen MR) is 74.1 cm³/mol. The second-order valence-corrected chi connectivity index (χ2v) is 6.25. The third-order valence-electron chi connectivity index (χ3n) is 2.73. The zero-order chi connectivity index (χ0) is 15.3. The lowest BCUT2D eigenvalue weighted by Gasteiger charge is -2.20. The highest BCUT2D eigenvalue weighted by atomic mass is 32.2. The molecule has 0 fully saturated rings. The molecule has 0 heterocycles. The maximum absolute atomic E-state index is 12.4. The first-order chi connectivity index (χ1) is 9.34. The van der Waals surface area contributed by atoms with Crippen LogP contribution in [-0.2, 0) is 10.0 Å². The lowest BCUT2D eigenvalue weighted by molar-refractivity contribution is -0.386. The van der Waals surface area contributed by atoms with Crippen molar-refractivity contribution in [1.29, 1.82) is 0 Å². The molecule has 0 aliphatic heterocycles. The Hall–Kier alpha value is -1.67. The van der Waals surface area contributed by atoms with Crippen molar-refractivity contribution in [2.45, 2.75) is 31.6 Å². The summed E-state index contributed by atoms with van der Waals surface area (Å²) in [4.78, 5) is 9.78. The van der Waals surface area contributed by atoms with Gasteiger partial charge in [0, 0.05) is 19.2 Å². The van der Waals surface area contributed by atoms with E-state index in [2.05, 4.69) is 0 Å². The van der Waals surface area contributed by atoms with E-state index < -0.39 is 26.4 Å². The van der Waals surface area contributed by atoms with E-state index in [0.29, 0.717) is 25.9 Å². The number of aromatic hydroxyl groups is 1. The smallest absolute Gasteiger partial charge is 0.312 e. The molecule has 1 aromatic carbocycles. The quantitative estimate of drug-likeness (QED) is 0.614. The number of phenols is 1. The Morgan fingerprint density at radius 3 is 2.25 bits per heavy atom. The number of hydrogen-bond donors (Lipinski definition) is 1. The molecule has 0 saturated carbocycles. The Bertz CT molecular complexity index is 580. The second kappa shape index (κ2) is 6.67. The van der Waals surface area contributed by atoms with Gasteiger partial charge in [0.05, 0.1) is 9.82 Å². The van der Waals surface area contributed by atoms with Gasteiger partial charge in [-0.15, -0.1) is 0 Å². The highest BCUT2D eigenvalue weighted by Crippen LogP contribution is 2.29. The van der Waals surface area contributed by atoms with Gasteiger partial charge < -0.3 is 5.11 Å². The zero-order valence-electron chi connectivity index (χ0n) is 11.4. The molecule has 1 rings (SSSR count). The Morgan fingerprint density at radius 1 is 1.25 bits per heavy atom. The Labute approximate surface area is 118 Å². The number of hydrogen-bond acceptors (Lipinski definition) is 5. The fraction of sp³-hybridized carbons (Fsp3) is 0.500. The molecule has 0 saturated heterocycles. The fourth-order valence-electron chi connectivity index (χ4n) is 1.81. The first-order valence-electron chi connectivity index (χ1n) is 6.32. The van der Waals surface area contributed by atoms with Gasteiger partial charge in [-0.25, -0.2) is 8.42 Å². The molecule has 0 spiro atoms. The molecule has 0 bridgehead atoms. The molecule has 0 unspecified atom stereocenters. The fourth-order valence-corrected chi connectivity index (χ4v) is 3.45. The number of nitro benzene ring substituents is 1. The molecule has 0 aromatic heterocycles. The molecular weight excluding hydrogens is 284 g/mol. The highest BCUT2D eigenvalue weighted by Gasteiger charge is 2.26. The van der Waals surface area contributed by atoms with E-state index in [1.54, 1.807) is 0 Å². The third kappa shape index (κ3) is 3.45. The Kier molecular flexibility index (Phi) is 5.46. The summed E-state index contributed by atoms with van der Waals surface area (Å²) in [5.41, 5.74) is -0.612. The number of benzene rings is 1. The van der Waals surface area contributed by atoms with Crippen LogP contribution in [0.4, 0.5) is 5.69 Å². The van der Waals surface area contributed by atoms with Crippen molar-refractivity contribution in [2.75, 3.05) is 13.1 Å². The summed E-state index contributed by atoms with van der Waals surface area (Å²) in [7, 11) is -3.78. The molecular formula is C12H18N2O5S. The molecule has 0 aliphatic carbocycles. The zero-order valence-corrected chi connectivity index (χ0v) is 12.3. The van der Waals surface area contributed by atoms with Crippen molar-refractivity contribution >= 4 is 15.7 Å². The van der Waals surface area contributed by atoms with Crippen molar-refractivity contribution < 1.29 is 18.4 Å². The first kappa shape index (κ1) is 16.4. The van der Waals surface area contributed by atoms with E-state index in [-0.39, 0.29) is 4.90 Å². The second-order valence-electron chi connectivity index (χ2n) is 4.31. The molecule has 112 valence electrons. The van der Waals surface area contributed by atoms with Crippen LogP contribution in [0.15, 0.2) is 23.1 Å². The van der Waals surface area contributed by atoms with Crippen LogP contribution in [0.1, 0.15) is 26.7 Å². The summed E-state index contributed by atoms with van der Waals surface area (Å²) in [6.45, 7) is 4.42. The molecule has 7 nitrogen and oxygen atoms in total. The van der Waals surface area contributed by atoms with E-state index >= 15 is 0 Å². The lowest BCUT2D eigenvalue weighted by Crippen LogP contribution is -2.32. The van der Waals surface area contributed by atoms with E-state index in [1.165, 1.54) is 10.4 Å². The van der Waals surface area contributed by atoms with Crippen molar-refractivity contribution in [1.82, 2.24) is 4.31 Å². The molecule has 0 radical (unpaired) electrons. The van der Waals surface area contributed by atoms with Crippen LogP contribution < -0.4 is 0 Å². The molecule has 8 heteroatoms. The van der Waals surface area contributed by atoms with Gasteiger partial charge in [-0.1, -0.05) is 13.8 Å². The van der Waals surface area contributed by atoms with Crippen molar-refractivity contribution in [3.63, 3.8) is 0 Å². The molecule has 20 heavy (non-hydrogen) atoms. The van der Waals surface area contributed by atoms with Gasteiger partial charge in [0.2, 0.25) is 10.0 Å². The molecule has 1 aromatic rings. The molecule has 0 aliphatic rings. The van der Waals surface area contributed by atoms with Gasteiger partial charge in [-0.2, -0.15) is 4.31 Å². The number of nitro groups is 1. The van der Waals surface area contributed by atoms with Crippen LogP contribution in [0.3, 0.4) is 0 Å². The monoisotopic (exact) mass is 302 g/mol. The van der Waals surface area contributed by atoms with Crippen LogP contribution in [0.2, 0.25) is 0 Å². The third-order valence-corrected chi connectivity index (χ3v) is 4.62. The van der Waals surface area contributed by atoms with Crippen LogP contribution in [-0.4, -0.2) is 35.8 Å². The van der Waals surface area contributed by atoms with Crippen molar-refractivity contribution in [3.05, 3.63) is 28.3 Å². The molecule has 0 atom stereocenters. The first-order valence-corrected chi connectivity index (χ1v) is 7.76. The van der Waals surface area contributed by atoms with Crippen LogP contribution in [0, 0.1) is 10.1 Å².